The fraction of sp³-hybridized carbons (Fsp3) is 0.571. The van der Waals surface area contributed by atoms with E-state index in [1.165, 1.54) is 23.3 Å². The first-order chi connectivity index (χ1) is 6.33. The average molecular weight is 218 g/mol. The minimum Gasteiger partial charge on any atom is -0.466 e. The maximum atomic E-state index is 10.9. The lowest BCUT2D eigenvalue weighted by atomic mass is 10.5. The van der Waals surface area contributed by atoms with Gasteiger partial charge in [-0.05, 0) is 18.5 Å². The van der Waals surface area contributed by atoms with Crippen molar-refractivity contribution in [2.75, 3.05) is 12.4 Å². The molecule has 4 nitrogen and oxygen atoms in total. The molecule has 0 radical (unpaired) electrons. The molecule has 0 aromatic carbocycles. The molecule has 0 atom stereocenters. The molecule has 1 aromatic heterocycles. The van der Waals surface area contributed by atoms with Crippen molar-refractivity contribution < 1.29 is 9.53 Å². The Labute approximate surface area is 84.8 Å². The Kier molecular flexibility index (Phi) is 4.77. The molecule has 0 spiro atoms. The second kappa shape index (κ2) is 5.93. The molecular weight excluding hydrogens is 208 g/mol. The zero-order valence-electron chi connectivity index (χ0n) is 7.23. The quantitative estimate of drug-likeness (QED) is 0.555. The molecule has 0 saturated carbocycles. The van der Waals surface area contributed by atoms with Crippen LogP contribution in [0.5, 0.6) is 0 Å². The molecule has 1 heterocycles. The molecule has 72 valence electrons. The van der Waals surface area contributed by atoms with Gasteiger partial charge >= 0.3 is 5.97 Å². The lowest BCUT2D eigenvalue weighted by Gasteiger charge is -1.99. The summed E-state index contributed by atoms with van der Waals surface area (Å²) in [6, 6.07) is 0. The van der Waals surface area contributed by atoms with E-state index in [-0.39, 0.29) is 5.97 Å². The third kappa shape index (κ3) is 4.23. The van der Waals surface area contributed by atoms with Crippen LogP contribution in [-0.2, 0) is 9.53 Å². The number of ether oxygens (including phenoxy) is 1. The van der Waals surface area contributed by atoms with Crippen molar-refractivity contribution in [2.24, 2.45) is 0 Å². The number of hydrogen-bond acceptors (Lipinski definition) is 6. The van der Waals surface area contributed by atoms with Gasteiger partial charge in [-0.3, -0.25) is 4.79 Å². The number of esters is 1. The highest BCUT2D eigenvalue weighted by molar-refractivity contribution is 7.99. The maximum Gasteiger partial charge on any atom is 0.306 e. The normalized spacial score (nSPS) is 9.92. The Balaban J connectivity index is 2.11. The van der Waals surface area contributed by atoms with Crippen molar-refractivity contribution in [1.82, 2.24) is 9.59 Å². The standard InChI is InChI=1S/C7H10N2O2S2/c1-2-11-7(10)3-4-12-6-5-13-9-8-6/h5H,2-4H2,1H3. The Morgan fingerprint density at radius 1 is 1.77 bits per heavy atom. The van der Waals surface area contributed by atoms with E-state index in [1.54, 1.807) is 6.92 Å². The number of carbonyl (C=O) groups is 1. The van der Waals surface area contributed by atoms with Gasteiger partial charge in [0.2, 0.25) is 0 Å². The molecule has 0 amide bonds. The van der Waals surface area contributed by atoms with Gasteiger partial charge in [0.25, 0.3) is 0 Å². The van der Waals surface area contributed by atoms with Gasteiger partial charge in [0.1, 0.15) is 5.03 Å². The van der Waals surface area contributed by atoms with Gasteiger partial charge in [-0.1, -0.05) is 4.49 Å². The van der Waals surface area contributed by atoms with Gasteiger partial charge in [-0.2, -0.15) is 0 Å². The Morgan fingerprint density at radius 2 is 2.62 bits per heavy atom. The highest BCUT2D eigenvalue weighted by atomic mass is 32.2. The molecule has 0 aliphatic rings. The molecule has 0 saturated heterocycles. The number of carbonyl (C=O) groups excluding carboxylic acids is 1. The van der Waals surface area contributed by atoms with Crippen LogP contribution in [0.2, 0.25) is 0 Å². The lowest BCUT2D eigenvalue weighted by Crippen LogP contribution is -2.04. The molecule has 0 aliphatic heterocycles. The monoisotopic (exact) mass is 218 g/mol. The molecule has 13 heavy (non-hydrogen) atoms. The van der Waals surface area contributed by atoms with E-state index in [4.69, 9.17) is 4.74 Å². The number of rotatable bonds is 5. The molecule has 0 aliphatic carbocycles. The number of hydrogen-bond donors (Lipinski definition) is 0. The summed E-state index contributed by atoms with van der Waals surface area (Å²) in [6.07, 6.45) is 0.427. The highest BCUT2D eigenvalue weighted by Crippen LogP contribution is 2.16. The van der Waals surface area contributed by atoms with Crippen molar-refractivity contribution in [3.63, 3.8) is 0 Å². The summed E-state index contributed by atoms with van der Waals surface area (Å²) in [5.41, 5.74) is 0. The Hall–Kier alpha value is -0.620. The number of aromatic nitrogens is 2. The van der Waals surface area contributed by atoms with Gasteiger partial charge in [-0.15, -0.1) is 16.9 Å². The predicted molar refractivity (Wildman–Crippen MR) is 51.9 cm³/mol. The maximum absolute atomic E-state index is 10.9. The second-order valence-electron chi connectivity index (χ2n) is 2.15. The second-order valence-corrected chi connectivity index (χ2v) is 3.87. The third-order valence-corrected chi connectivity index (χ3v) is 2.76. The van der Waals surface area contributed by atoms with E-state index < -0.39 is 0 Å². The van der Waals surface area contributed by atoms with E-state index in [9.17, 15) is 4.79 Å². The summed E-state index contributed by atoms with van der Waals surface area (Å²) in [7, 11) is 0. The topological polar surface area (TPSA) is 52.1 Å². The van der Waals surface area contributed by atoms with Gasteiger partial charge in [0, 0.05) is 11.1 Å². The molecule has 1 aromatic rings. The van der Waals surface area contributed by atoms with Crippen LogP contribution in [0.15, 0.2) is 10.4 Å². The van der Waals surface area contributed by atoms with Gasteiger partial charge in [-0.25, -0.2) is 0 Å². The highest BCUT2D eigenvalue weighted by Gasteiger charge is 2.02. The fourth-order valence-electron chi connectivity index (χ4n) is 0.691. The van der Waals surface area contributed by atoms with Crippen LogP contribution in [0.25, 0.3) is 0 Å². The molecule has 0 N–H and O–H groups in total. The predicted octanol–water partition coefficient (Wildman–Crippen LogP) is 1.58. The fourth-order valence-corrected chi connectivity index (χ4v) is 2.04. The molecule has 0 unspecified atom stereocenters. The van der Waals surface area contributed by atoms with Gasteiger partial charge in [0.05, 0.1) is 13.0 Å². The minimum absolute atomic E-state index is 0.154. The summed E-state index contributed by atoms with van der Waals surface area (Å²) in [5.74, 6) is 0.544. The summed E-state index contributed by atoms with van der Waals surface area (Å²) in [4.78, 5) is 10.9. The summed E-state index contributed by atoms with van der Waals surface area (Å²) >= 11 is 2.83. The van der Waals surface area contributed by atoms with Crippen LogP contribution >= 0.6 is 23.3 Å². The number of nitrogens with zero attached hydrogens (tertiary/aromatic N) is 2. The van der Waals surface area contributed by atoms with Crippen molar-refractivity contribution in [2.45, 2.75) is 18.4 Å². The molecular formula is C7H10N2O2S2. The minimum atomic E-state index is -0.154. The van der Waals surface area contributed by atoms with E-state index >= 15 is 0 Å². The lowest BCUT2D eigenvalue weighted by molar-refractivity contribution is -0.142. The zero-order valence-corrected chi connectivity index (χ0v) is 8.86. The van der Waals surface area contributed by atoms with Crippen molar-refractivity contribution in [3.8, 4) is 0 Å². The molecule has 6 heteroatoms. The van der Waals surface area contributed by atoms with Crippen molar-refractivity contribution >= 4 is 29.3 Å². The van der Waals surface area contributed by atoms with Crippen LogP contribution in [0.1, 0.15) is 13.3 Å². The van der Waals surface area contributed by atoms with E-state index in [1.807, 2.05) is 5.38 Å². The largest absolute Gasteiger partial charge is 0.466 e. The Bertz CT molecular complexity index is 251. The van der Waals surface area contributed by atoms with E-state index in [0.29, 0.717) is 18.8 Å². The third-order valence-electron chi connectivity index (χ3n) is 1.20. The van der Waals surface area contributed by atoms with Crippen LogP contribution < -0.4 is 0 Å². The van der Waals surface area contributed by atoms with E-state index in [2.05, 4.69) is 9.59 Å². The van der Waals surface area contributed by atoms with E-state index in [0.717, 1.165) is 5.03 Å². The average Bonchev–Trinajstić information content (AvgIpc) is 2.57. The summed E-state index contributed by atoms with van der Waals surface area (Å²) in [6.45, 7) is 2.25. The number of thioether (sulfide) groups is 1. The van der Waals surface area contributed by atoms with Crippen molar-refractivity contribution in [1.29, 1.82) is 0 Å². The summed E-state index contributed by atoms with van der Waals surface area (Å²) in [5, 5.41) is 6.57. The van der Waals surface area contributed by atoms with Crippen LogP contribution in [0.3, 0.4) is 0 Å². The smallest absolute Gasteiger partial charge is 0.306 e. The van der Waals surface area contributed by atoms with Crippen LogP contribution in [-0.4, -0.2) is 27.9 Å². The molecule has 1 rings (SSSR count). The summed E-state index contributed by atoms with van der Waals surface area (Å²) < 4.78 is 8.49. The Morgan fingerprint density at radius 3 is 3.23 bits per heavy atom. The molecule has 0 fully saturated rings. The van der Waals surface area contributed by atoms with Crippen LogP contribution in [0, 0.1) is 0 Å². The SMILES string of the molecule is CCOC(=O)CCSc1csnn1. The first-order valence-corrected chi connectivity index (χ1v) is 5.70. The molecule has 0 bridgehead atoms. The van der Waals surface area contributed by atoms with Crippen molar-refractivity contribution in [3.05, 3.63) is 5.38 Å². The first-order valence-electron chi connectivity index (χ1n) is 3.88. The van der Waals surface area contributed by atoms with Gasteiger partial charge in [0.15, 0.2) is 0 Å². The van der Waals surface area contributed by atoms with Gasteiger partial charge < -0.3 is 4.74 Å². The first kappa shape index (κ1) is 10.5. The zero-order chi connectivity index (χ0) is 9.52. The van der Waals surface area contributed by atoms with Crippen LogP contribution in [0.4, 0.5) is 0 Å².